The average molecular weight is 393 g/mol. The fourth-order valence-corrected chi connectivity index (χ4v) is 4.07. The van der Waals surface area contributed by atoms with E-state index in [-0.39, 0.29) is 17.9 Å². The minimum Gasteiger partial charge on any atom is -0.493 e. The Balaban J connectivity index is 2.28. The largest absolute Gasteiger partial charge is 0.493 e. The molecule has 146 valence electrons. The quantitative estimate of drug-likeness (QED) is 0.713. The van der Waals surface area contributed by atoms with Gasteiger partial charge in [0, 0.05) is 4.88 Å². The van der Waals surface area contributed by atoms with E-state index in [0.717, 1.165) is 10.4 Å². The molecule has 0 spiro atoms. The second kappa shape index (κ2) is 8.77. The number of aromatic carboxylic acids is 1. The van der Waals surface area contributed by atoms with E-state index >= 15 is 0 Å². The number of ether oxygens (including phenoxy) is 3. The third kappa shape index (κ3) is 4.33. The average Bonchev–Trinajstić information content (AvgIpc) is 2.95. The van der Waals surface area contributed by atoms with E-state index in [1.54, 1.807) is 12.1 Å². The number of rotatable bonds is 8. The molecule has 1 aromatic carbocycles. The first-order valence-corrected chi connectivity index (χ1v) is 9.12. The Morgan fingerprint density at radius 2 is 1.70 bits per heavy atom. The van der Waals surface area contributed by atoms with E-state index in [9.17, 15) is 14.7 Å². The van der Waals surface area contributed by atoms with Crippen molar-refractivity contribution in [1.29, 1.82) is 0 Å². The molecule has 2 aromatic rings. The van der Waals surface area contributed by atoms with E-state index in [1.165, 1.54) is 32.7 Å². The minimum atomic E-state index is -1.04. The zero-order valence-corrected chi connectivity index (χ0v) is 16.8. The maximum absolute atomic E-state index is 12.5. The van der Waals surface area contributed by atoms with E-state index in [0.29, 0.717) is 34.2 Å². The van der Waals surface area contributed by atoms with Gasteiger partial charge >= 0.3 is 5.97 Å². The number of benzene rings is 1. The molecule has 1 heterocycles. The highest BCUT2D eigenvalue weighted by Crippen LogP contribution is 2.38. The molecule has 0 aliphatic rings. The van der Waals surface area contributed by atoms with Gasteiger partial charge in [0.05, 0.1) is 33.3 Å². The molecule has 0 unspecified atom stereocenters. The van der Waals surface area contributed by atoms with Crippen LogP contribution in [0.4, 0.5) is 5.00 Å². The molecule has 0 radical (unpaired) electrons. The van der Waals surface area contributed by atoms with Crippen LogP contribution in [-0.4, -0.2) is 38.3 Å². The zero-order chi connectivity index (χ0) is 20.1. The number of nitrogens with one attached hydrogen (secondary N) is 1. The number of carbonyl (C=O) groups excluding carboxylic acids is 1. The number of aryl methyl sites for hydroxylation is 1. The molecular formula is C19H23NO6S. The summed E-state index contributed by atoms with van der Waals surface area (Å²) in [6.45, 7) is 3.74. The smallest absolute Gasteiger partial charge is 0.339 e. The molecule has 8 heteroatoms. The zero-order valence-electron chi connectivity index (χ0n) is 16.0. The number of carbonyl (C=O) groups is 2. The molecule has 2 N–H and O–H groups in total. The molecule has 0 saturated heterocycles. The van der Waals surface area contributed by atoms with Gasteiger partial charge in [-0.2, -0.15) is 0 Å². The second-order valence-electron chi connectivity index (χ2n) is 5.76. The molecule has 0 atom stereocenters. The van der Waals surface area contributed by atoms with Crippen LogP contribution in [0.3, 0.4) is 0 Å². The molecule has 0 fully saturated rings. The Morgan fingerprint density at radius 3 is 2.15 bits per heavy atom. The van der Waals surface area contributed by atoms with Gasteiger partial charge in [0.25, 0.3) is 0 Å². The molecule has 2 rings (SSSR count). The van der Waals surface area contributed by atoms with E-state index in [2.05, 4.69) is 5.32 Å². The fraction of sp³-hybridized carbons (Fsp3) is 0.368. The number of carboxylic acid groups (broad SMARTS) is 1. The molecule has 27 heavy (non-hydrogen) atoms. The first kappa shape index (κ1) is 20.6. The van der Waals surface area contributed by atoms with E-state index < -0.39 is 5.97 Å². The number of thiophene rings is 1. The summed E-state index contributed by atoms with van der Waals surface area (Å²) in [5.41, 5.74) is 1.57. The molecule has 0 aliphatic heterocycles. The molecule has 0 aliphatic carbocycles. The predicted molar refractivity (Wildman–Crippen MR) is 104 cm³/mol. The lowest BCUT2D eigenvalue weighted by molar-refractivity contribution is -0.115. The van der Waals surface area contributed by atoms with Gasteiger partial charge in [0.2, 0.25) is 11.7 Å². The van der Waals surface area contributed by atoms with Crippen LogP contribution in [0, 0.1) is 6.92 Å². The number of hydrogen-bond donors (Lipinski definition) is 2. The van der Waals surface area contributed by atoms with Crippen LogP contribution in [0.25, 0.3) is 0 Å². The summed E-state index contributed by atoms with van der Waals surface area (Å²) < 4.78 is 15.9. The van der Waals surface area contributed by atoms with Crippen molar-refractivity contribution in [2.45, 2.75) is 26.7 Å². The maximum Gasteiger partial charge on any atom is 0.339 e. The summed E-state index contributed by atoms with van der Waals surface area (Å²) in [5.74, 6) is -0.0222. The predicted octanol–water partition coefficient (Wildman–Crippen LogP) is 3.52. The lowest BCUT2D eigenvalue weighted by Gasteiger charge is -2.14. The Morgan fingerprint density at radius 1 is 1.11 bits per heavy atom. The number of anilines is 1. The number of carboxylic acids is 1. The first-order valence-electron chi connectivity index (χ1n) is 8.30. The van der Waals surface area contributed by atoms with Crippen molar-refractivity contribution in [3.05, 3.63) is 33.7 Å². The lowest BCUT2D eigenvalue weighted by atomic mass is 10.1. The summed E-state index contributed by atoms with van der Waals surface area (Å²) in [6.07, 6.45) is 0.626. The van der Waals surface area contributed by atoms with Gasteiger partial charge < -0.3 is 24.6 Å². The fourth-order valence-electron chi connectivity index (χ4n) is 2.91. The highest BCUT2D eigenvalue weighted by atomic mass is 32.1. The summed E-state index contributed by atoms with van der Waals surface area (Å²) in [6, 6.07) is 3.38. The van der Waals surface area contributed by atoms with Crippen molar-refractivity contribution in [2.75, 3.05) is 26.6 Å². The van der Waals surface area contributed by atoms with Crippen molar-refractivity contribution in [3.8, 4) is 17.2 Å². The molecule has 7 nitrogen and oxygen atoms in total. The van der Waals surface area contributed by atoms with Gasteiger partial charge in [-0.1, -0.05) is 6.92 Å². The third-order valence-corrected chi connectivity index (χ3v) is 5.18. The standard InChI is InChI=1S/C19H23NO6S/c1-6-12-10(2)27-18(16(12)19(22)23)20-15(21)9-11-7-13(24-3)17(26-5)14(8-11)25-4/h7-8H,6,9H2,1-5H3,(H,20,21)(H,22,23). The topological polar surface area (TPSA) is 94.1 Å². The van der Waals surface area contributed by atoms with Gasteiger partial charge in [0.15, 0.2) is 11.5 Å². The van der Waals surface area contributed by atoms with Crippen LogP contribution >= 0.6 is 11.3 Å². The minimum absolute atomic E-state index is 0.0359. The molecule has 1 aromatic heterocycles. The Hall–Kier alpha value is -2.74. The van der Waals surface area contributed by atoms with E-state index in [1.807, 2.05) is 13.8 Å². The third-order valence-electron chi connectivity index (χ3n) is 4.12. The lowest BCUT2D eigenvalue weighted by Crippen LogP contribution is -2.16. The Bertz CT molecular complexity index is 833. The highest BCUT2D eigenvalue weighted by Gasteiger charge is 2.22. The van der Waals surface area contributed by atoms with Crippen molar-refractivity contribution in [1.82, 2.24) is 0 Å². The van der Waals surface area contributed by atoms with Gasteiger partial charge in [0.1, 0.15) is 5.00 Å². The second-order valence-corrected chi connectivity index (χ2v) is 6.98. The van der Waals surface area contributed by atoms with Crippen molar-refractivity contribution >= 4 is 28.2 Å². The van der Waals surface area contributed by atoms with Gasteiger partial charge in [-0.15, -0.1) is 11.3 Å². The van der Waals surface area contributed by atoms with Crippen LogP contribution in [0.2, 0.25) is 0 Å². The summed E-state index contributed by atoms with van der Waals surface area (Å²) in [4.78, 5) is 25.0. The monoisotopic (exact) mass is 393 g/mol. The van der Waals surface area contributed by atoms with Crippen molar-refractivity contribution < 1.29 is 28.9 Å². The van der Waals surface area contributed by atoms with Crippen molar-refractivity contribution in [2.24, 2.45) is 0 Å². The van der Waals surface area contributed by atoms with Crippen LogP contribution in [0.5, 0.6) is 17.2 Å². The normalized spacial score (nSPS) is 10.4. The van der Waals surface area contributed by atoms with Gasteiger partial charge in [-0.05, 0) is 36.6 Å². The highest BCUT2D eigenvalue weighted by molar-refractivity contribution is 7.16. The van der Waals surface area contributed by atoms with Crippen molar-refractivity contribution in [3.63, 3.8) is 0 Å². The summed E-state index contributed by atoms with van der Waals surface area (Å²) >= 11 is 1.27. The summed E-state index contributed by atoms with van der Waals surface area (Å²) in [7, 11) is 4.51. The van der Waals surface area contributed by atoms with Crippen LogP contribution in [-0.2, 0) is 17.6 Å². The van der Waals surface area contributed by atoms with Crippen LogP contribution in [0.15, 0.2) is 12.1 Å². The number of hydrogen-bond acceptors (Lipinski definition) is 6. The summed E-state index contributed by atoms with van der Waals surface area (Å²) in [5, 5.41) is 12.6. The molecular weight excluding hydrogens is 370 g/mol. The molecule has 1 amide bonds. The Kier molecular flexibility index (Phi) is 6.68. The van der Waals surface area contributed by atoms with Crippen LogP contribution < -0.4 is 19.5 Å². The molecule has 0 saturated carbocycles. The number of methoxy groups -OCH3 is 3. The Labute approximate surface area is 161 Å². The van der Waals surface area contributed by atoms with Gasteiger partial charge in [-0.25, -0.2) is 4.79 Å². The van der Waals surface area contributed by atoms with E-state index in [4.69, 9.17) is 14.2 Å². The number of amides is 1. The first-order chi connectivity index (χ1) is 12.9. The van der Waals surface area contributed by atoms with Crippen LogP contribution in [0.1, 0.15) is 33.3 Å². The van der Waals surface area contributed by atoms with Gasteiger partial charge in [-0.3, -0.25) is 4.79 Å². The molecule has 0 bridgehead atoms. The SMILES string of the molecule is CCc1c(C)sc(NC(=O)Cc2cc(OC)c(OC)c(OC)c2)c1C(=O)O. The maximum atomic E-state index is 12.5.